The summed E-state index contributed by atoms with van der Waals surface area (Å²) < 4.78 is 16.5. The van der Waals surface area contributed by atoms with E-state index in [-0.39, 0.29) is 6.04 Å². The summed E-state index contributed by atoms with van der Waals surface area (Å²) in [5.41, 5.74) is 7.71. The Kier molecular flexibility index (Phi) is 12.4. The van der Waals surface area contributed by atoms with E-state index in [9.17, 15) is 5.11 Å². The number of aliphatic hydroxyl groups is 1. The lowest BCUT2D eigenvalue weighted by molar-refractivity contribution is 0.0812. The van der Waals surface area contributed by atoms with Crippen molar-refractivity contribution in [1.82, 2.24) is 4.90 Å². The second-order valence-corrected chi connectivity index (χ2v) is 9.57. The SMILES string of the molecule is COCCCOc1cc(C[C@@H](C[C@H](N)[C@@H](O)CN2CCCCCC2)C(C)C)ccc1OC. The third-order valence-electron chi connectivity index (χ3n) is 6.63. The van der Waals surface area contributed by atoms with Crippen LogP contribution in [0.5, 0.6) is 11.5 Å². The molecule has 3 N–H and O–H groups in total. The molecule has 2 rings (SSSR count). The molecule has 32 heavy (non-hydrogen) atoms. The Labute approximate surface area is 195 Å². The standard InChI is InChI=1S/C26H46N2O4/c1-20(2)22(18-23(27)24(29)19-28-12-7-5-6-8-13-28)16-21-10-11-25(31-4)26(17-21)32-15-9-14-30-3/h10-11,17,20,22-24,29H,5-9,12-16,18-19,27H2,1-4H3/t22-,23-,24-/m0/s1. The number of hydrogen-bond acceptors (Lipinski definition) is 6. The van der Waals surface area contributed by atoms with Crippen LogP contribution in [-0.4, -0.2) is 69.2 Å². The minimum absolute atomic E-state index is 0.214. The van der Waals surface area contributed by atoms with Crippen molar-refractivity contribution in [3.05, 3.63) is 23.8 Å². The molecule has 1 fully saturated rings. The molecule has 6 nitrogen and oxygen atoms in total. The average molecular weight is 451 g/mol. The van der Waals surface area contributed by atoms with Gasteiger partial charge in [0.1, 0.15) is 0 Å². The predicted molar refractivity (Wildman–Crippen MR) is 131 cm³/mol. The summed E-state index contributed by atoms with van der Waals surface area (Å²) in [5, 5.41) is 10.8. The minimum Gasteiger partial charge on any atom is -0.493 e. The Morgan fingerprint density at radius 1 is 1.03 bits per heavy atom. The fourth-order valence-corrected chi connectivity index (χ4v) is 4.47. The summed E-state index contributed by atoms with van der Waals surface area (Å²) in [4.78, 5) is 2.39. The van der Waals surface area contributed by atoms with Gasteiger partial charge in [-0.3, -0.25) is 0 Å². The molecule has 6 heteroatoms. The minimum atomic E-state index is -0.482. The third kappa shape index (κ3) is 9.26. The van der Waals surface area contributed by atoms with Gasteiger partial charge in [-0.05, 0) is 68.3 Å². The summed E-state index contributed by atoms with van der Waals surface area (Å²) in [6.45, 7) is 8.60. The Balaban J connectivity index is 1.96. The topological polar surface area (TPSA) is 77.2 Å². The molecule has 1 saturated heterocycles. The Bertz CT molecular complexity index is 632. The summed E-state index contributed by atoms with van der Waals surface area (Å²) in [7, 11) is 3.36. The van der Waals surface area contributed by atoms with Gasteiger partial charge in [0.05, 0.1) is 19.8 Å². The number of β-amino-alcohol motifs (C(OH)–C–C–N with tert-alkyl or cyclic N) is 1. The quantitative estimate of drug-likeness (QED) is 0.419. The fraction of sp³-hybridized carbons (Fsp3) is 0.769. The molecule has 0 amide bonds. The molecule has 1 heterocycles. The van der Waals surface area contributed by atoms with E-state index in [1.54, 1.807) is 14.2 Å². The smallest absolute Gasteiger partial charge is 0.161 e. The average Bonchev–Trinajstić information content (AvgIpc) is 3.05. The molecule has 0 aliphatic carbocycles. The Hall–Kier alpha value is -1.34. The zero-order chi connectivity index (χ0) is 23.3. The van der Waals surface area contributed by atoms with E-state index in [0.29, 0.717) is 31.6 Å². The number of rotatable bonds is 14. The number of benzene rings is 1. The van der Waals surface area contributed by atoms with Crippen LogP contribution in [0.15, 0.2) is 18.2 Å². The van der Waals surface area contributed by atoms with Gasteiger partial charge in [-0.1, -0.05) is 32.8 Å². The van der Waals surface area contributed by atoms with Crippen molar-refractivity contribution in [2.45, 2.75) is 70.9 Å². The number of ether oxygens (including phenoxy) is 3. The van der Waals surface area contributed by atoms with Gasteiger partial charge in [0.25, 0.3) is 0 Å². The molecular weight excluding hydrogens is 404 g/mol. The van der Waals surface area contributed by atoms with Crippen LogP contribution in [0.2, 0.25) is 0 Å². The first kappa shape index (κ1) is 26.9. The van der Waals surface area contributed by atoms with Crippen molar-refractivity contribution in [2.75, 3.05) is 47.1 Å². The maximum Gasteiger partial charge on any atom is 0.161 e. The van der Waals surface area contributed by atoms with Crippen LogP contribution in [-0.2, 0) is 11.2 Å². The summed E-state index contributed by atoms with van der Waals surface area (Å²) in [6.07, 6.45) is 7.12. The molecule has 0 bridgehead atoms. The van der Waals surface area contributed by atoms with Gasteiger partial charge in [-0.2, -0.15) is 0 Å². The second-order valence-electron chi connectivity index (χ2n) is 9.57. The van der Waals surface area contributed by atoms with Gasteiger partial charge in [-0.15, -0.1) is 0 Å². The van der Waals surface area contributed by atoms with Crippen LogP contribution >= 0.6 is 0 Å². The number of aliphatic hydroxyl groups excluding tert-OH is 1. The first-order valence-corrected chi connectivity index (χ1v) is 12.4. The summed E-state index contributed by atoms with van der Waals surface area (Å²) in [6, 6.07) is 5.95. The normalized spacial score (nSPS) is 18.2. The molecule has 0 spiro atoms. The molecule has 1 aromatic rings. The van der Waals surface area contributed by atoms with E-state index in [1.165, 1.54) is 31.2 Å². The molecule has 1 aliphatic heterocycles. The predicted octanol–water partition coefficient (Wildman–Crippen LogP) is 3.88. The van der Waals surface area contributed by atoms with E-state index >= 15 is 0 Å². The highest BCUT2D eigenvalue weighted by atomic mass is 16.5. The first-order valence-electron chi connectivity index (χ1n) is 12.4. The molecule has 0 saturated carbocycles. The molecule has 184 valence electrons. The summed E-state index contributed by atoms with van der Waals surface area (Å²) in [5.74, 6) is 2.38. The maximum atomic E-state index is 10.8. The van der Waals surface area contributed by atoms with Crippen LogP contribution in [0.4, 0.5) is 0 Å². The van der Waals surface area contributed by atoms with Gasteiger partial charge < -0.3 is 30.0 Å². The van der Waals surface area contributed by atoms with Gasteiger partial charge >= 0.3 is 0 Å². The number of hydrogen-bond donors (Lipinski definition) is 2. The maximum absolute atomic E-state index is 10.8. The lowest BCUT2D eigenvalue weighted by Gasteiger charge is -2.30. The number of nitrogens with two attached hydrogens (primary N) is 1. The van der Waals surface area contributed by atoms with Gasteiger partial charge in [0.15, 0.2) is 11.5 Å². The van der Waals surface area contributed by atoms with Gasteiger partial charge in [0.2, 0.25) is 0 Å². The van der Waals surface area contributed by atoms with E-state index in [4.69, 9.17) is 19.9 Å². The zero-order valence-electron chi connectivity index (χ0n) is 20.7. The lowest BCUT2D eigenvalue weighted by Crippen LogP contribution is -2.45. The van der Waals surface area contributed by atoms with E-state index < -0.39 is 6.10 Å². The fourth-order valence-electron chi connectivity index (χ4n) is 4.47. The Morgan fingerprint density at radius 2 is 1.75 bits per heavy atom. The molecule has 1 aliphatic rings. The number of nitrogens with zero attached hydrogens (tertiary/aromatic N) is 1. The van der Waals surface area contributed by atoms with E-state index in [2.05, 4.69) is 30.9 Å². The number of methoxy groups -OCH3 is 2. The van der Waals surface area contributed by atoms with Crippen molar-refractivity contribution in [1.29, 1.82) is 0 Å². The highest BCUT2D eigenvalue weighted by Gasteiger charge is 2.25. The summed E-state index contributed by atoms with van der Waals surface area (Å²) >= 11 is 0. The zero-order valence-corrected chi connectivity index (χ0v) is 20.7. The molecule has 0 aromatic heterocycles. The van der Waals surface area contributed by atoms with Crippen LogP contribution < -0.4 is 15.2 Å². The monoisotopic (exact) mass is 450 g/mol. The van der Waals surface area contributed by atoms with Crippen molar-refractivity contribution >= 4 is 0 Å². The second kappa shape index (κ2) is 14.7. The molecule has 1 aromatic carbocycles. The van der Waals surface area contributed by atoms with E-state index in [0.717, 1.165) is 43.9 Å². The molecule has 0 radical (unpaired) electrons. The van der Waals surface area contributed by atoms with E-state index in [1.807, 2.05) is 6.07 Å². The van der Waals surface area contributed by atoms with Crippen LogP contribution in [0.1, 0.15) is 57.9 Å². The van der Waals surface area contributed by atoms with Crippen molar-refractivity contribution in [3.63, 3.8) is 0 Å². The largest absolute Gasteiger partial charge is 0.493 e. The van der Waals surface area contributed by atoms with Crippen LogP contribution in [0, 0.1) is 11.8 Å². The Morgan fingerprint density at radius 3 is 2.38 bits per heavy atom. The van der Waals surface area contributed by atoms with Crippen molar-refractivity contribution in [2.24, 2.45) is 17.6 Å². The molecular formula is C26H46N2O4. The van der Waals surface area contributed by atoms with Gasteiger partial charge in [0, 0.05) is 32.7 Å². The first-order chi connectivity index (χ1) is 15.4. The molecule has 3 atom stereocenters. The highest BCUT2D eigenvalue weighted by molar-refractivity contribution is 5.43. The van der Waals surface area contributed by atoms with Crippen molar-refractivity contribution < 1.29 is 19.3 Å². The number of likely N-dealkylation sites (tertiary alicyclic amines) is 1. The third-order valence-corrected chi connectivity index (χ3v) is 6.63. The van der Waals surface area contributed by atoms with Gasteiger partial charge in [-0.25, -0.2) is 0 Å². The van der Waals surface area contributed by atoms with Crippen molar-refractivity contribution in [3.8, 4) is 11.5 Å². The van der Waals surface area contributed by atoms with Crippen LogP contribution in [0.3, 0.4) is 0 Å². The highest BCUT2D eigenvalue weighted by Crippen LogP contribution is 2.31. The lowest BCUT2D eigenvalue weighted by atomic mass is 9.83. The van der Waals surface area contributed by atoms with Crippen LogP contribution in [0.25, 0.3) is 0 Å². The molecule has 0 unspecified atom stereocenters.